The van der Waals surface area contributed by atoms with Crippen molar-refractivity contribution in [2.75, 3.05) is 13.2 Å². The third-order valence-electron chi connectivity index (χ3n) is 8.01. The number of fused-ring (bicyclic) bond motifs is 4. The second kappa shape index (κ2) is 8.15. The van der Waals surface area contributed by atoms with Crippen LogP contribution in [-0.2, 0) is 14.3 Å². The fraction of sp³-hybridized carbons (Fsp3) is 0.444. The largest absolute Gasteiger partial charge is 0.479 e. The van der Waals surface area contributed by atoms with Crippen LogP contribution in [0.1, 0.15) is 56.6 Å². The van der Waals surface area contributed by atoms with Gasteiger partial charge in [-0.25, -0.2) is 9.59 Å². The van der Waals surface area contributed by atoms with E-state index in [-0.39, 0.29) is 24.3 Å². The predicted molar refractivity (Wildman–Crippen MR) is 126 cm³/mol. The summed E-state index contributed by atoms with van der Waals surface area (Å²) in [6.45, 7) is 4.00. The van der Waals surface area contributed by atoms with Crippen molar-refractivity contribution in [3.63, 3.8) is 0 Å². The Labute approximate surface area is 199 Å². The van der Waals surface area contributed by atoms with Gasteiger partial charge in [-0.3, -0.25) is 4.79 Å². The number of rotatable bonds is 6. The number of carbonyl (C=O) groups is 3. The molecule has 1 saturated heterocycles. The maximum atomic E-state index is 13.5. The minimum atomic E-state index is -1.24. The molecule has 2 N–H and O–H groups in total. The van der Waals surface area contributed by atoms with E-state index in [1.807, 2.05) is 31.2 Å². The molecule has 1 saturated carbocycles. The van der Waals surface area contributed by atoms with Gasteiger partial charge in [0.25, 0.3) is 0 Å². The van der Waals surface area contributed by atoms with Gasteiger partial charge >= 0.3 is 12.1 Å². The highest BCUT2D eigenvalue weighted by Gasteiger charge is 2.67. The summed E-state index contributed by atoms with van der Waals surface area (Å²) in [7, 11) is 0. The van der Waals surface area contributed by atoms with Gasteiger partial charge in [-0.1, -0.05) is 55.5 Å². The average Bonchev–Trinajstić information content (AvgIpc) is 3.53. The molecule has 3 aliphatic rings. The smallest absolute Gasteiger partial charge is 0.408 e. The first-order chi connectivity index (χ1) is 16.3. The number of nitrogens with zero attached hydrogens (tertiary/aromatic N) is 1. The highest BCUT2D eigenvalue weighted by atomic mass is 16.5. The van der Waals surface area contributed by atoms with Gasteiger partial charge in [-0.2, -0.15) is 0 Å². The molecule has 3 unspecified atom stereocenters. The number of benzene rings is 2. The molecule has 2 aromatic carbocycles. The molecule has 2 aliphatic carbocycles. The van der Waals surface area contributed by atoms with Gasteiger partial charge < -0.3 is 20.1 Å². The van der Waals surface area contributed by atoms with Crippen LogP contribution in [0.2, 0.25) is 0 Å². The van der Waals surface area contributed by atoms with Crippen molar-refractivity contribution in [2.45, 2.75) is 56.5 Å². The normalized spacial score (nSPS) is 24.3. The summed E-state index contributed by atoms with van der Waals surface area (Å²) in [4.78, 5) is 39.9. The molecule has 0 spiro atoms. The molecule has 2 aromatic rings. The number of carbonyl (C=O) groups excluding carboxylic acids is 2. The van der Waals surface area contributed by atoms with Crippen molar-refractivity contribution in [1.82, 2.24) is 10.2 Å². The van der Waals surface area contributed by atoms with Gasteiger partial charge in [0, 0.05) is 12.5 Å². The lowest BCUT2D eigenvalue weighted by atomic mass is 9.93. The third kappa shape index (κ3) is 3.37. The van der Waals surface area contributed by atoms with E-state index in [9.17, 15) is 19.5 Å². The molecule has 3 atom stereocenters. The number of hydrogen-bond acceptors (Lipinski definition) is 4. The van der Waals surface area contributed by atoms with Crippen LogP contribution in [0.3, 0.4) is 0 Å². The summed E-state index contributed by atoms with van der Waals surface area (Å²) in [6.07, 6.45) is 1.73. The molecule has 1 aliphatic heterocycles. The topological polar surface area (TPSA) is 95.9 Å². The van der Waals surface area contributed by atoms with E-state index in [0.29, 0.717) is 19.4 Å². The van der Waals surface area contributed by atoms with E-state index < -0.39 is 23.1 Å². The average molecular weight is 463 g/mol. The van der Waals surface area contributed by atoms with Gasteiger partial charge in [0.2, 0.25) is 5.91 Å². The van der Waals surface area contributed by atoms with Crippen LogP contribution in [0.4, 0.5) is 4.79 Å². The summed E-state index contributed by atoms with van der Waals surface area (Å²) >= 11 is 0. The molecule has 2 fully saturated rings. The number of carboxylic acid groups (broad SMARTS) is 1. The molecule has 178 valence electrons. The lowest BCUT2D eigenvalue weighted by molar-refractivity contribution is -0.157. The highest BCUT2D eigenvalue weighted by molar-refractivity contribution is 5.96. The number of amides is 2. The van der Waals surface area contributed by atoms with Gasteiger partial charge in [0.1, 0.15) is 17.7 Å². The first kappa shape index (κ1) is 22.4. The molecular formula is C27H30N2O5. The number of aliphatic carboxylic acids is 1. The summed E-state index contributed by atoms with van der Waals surface area (Å²) in [5.41, 5.74) is 2.15. The van der Waals surface area contributed by atoms with Crippen LogP contribution < -0.4 is 5.32 Å². The van der Waals surface area contributed by atoms with E-state index in [4.69, 9.17) is 4.74 Å². The fourth-order valence-electron chi connectivity index (χ4n) is 5.79. The van der Waals surface area contributed by atoms with Crippen molar-refractivity contribution in [1.29, 1.82) is 0 Å². The van der Waals surface area contributed by atoms with Crippen LogP contribution in [0.15, 0.2) is 48.5 Å². The quantitative estimate of drug-likeness (QED) is 0.672. The lowest BCUT2D eigenvalue weighted by Gasteiger charge is -2.40. The number of carboxylic acids is 1. The van der Waals surface area contributed by atoms with E-state index in [1.54, 1.807) is 6.92 Å². The highest BCUT2D eigenvalue weighted by Crippen LogP contribution is 2.55. The van der Waals surface area contributed by atoms with Crippen molar-refractivity contribution in [3.8, 4) is 11.1 Å². The molecule has 34 heavy (non-hydrogen) atoms. The van der Waals surface area contributed by atoms with E-state index >= 15 is 0 Å². The molecule has 7 heteroatoms. The second-order valence-corrected chi connectivity index (χ2v) is 9.87. The van der Waals surface area contributed by atoms with Gasteiger partial charge in [-0.15, -0.1) is 0 Å². The zero-order valence-electron chi connectivity index (χ0n) is 19.5. The Morgan fingerprint density at radius 3 is 2.32 bits per heavy atom. The number of ether oxygens (including phenoxy) is 1. The molecular weight excluding hydrogens is 432 g/mol. The van der Waals surface area contributed by atoms with Crippen molar-refractivity contribution in [2.24, 2.45) is 5.92 Å². The van der Waals surface area contributed by atoms with Crippen molar-refractivity contribution < 1.29 is 24.2 Å². The Morgan fingerprint density at radius 1 is 1.12 bits per heavy atom. The summed E-state index contributed by atoms with van der Waals surface area (Å²) in [5.74, 6) is -1.39. The SMILES string of the molecule is CCC(C)(NC(=O)OCC1c2ccccc2-c2ccccc21)C(=O)N1CCCC2CC21C(=O)O. The van der Waals surface area contributed by atoms with E-state index in [1.165, 1.54) is 4.90 Å². The Bertz CT molecular complexity index is 1120. The Hall–Kier alpha value is -3.35. The van der Waals surface area contributed by atoms with Crippen LogP contribution in [0, 0.1) is 5.92 Å². The van der Waals surface area contributed by atoms with Crippen LogP contribution >= 0.6 is 0 Å². The number of alkyl carbamates (subject to hydrolysis) is 1. The molecule has 0 radical (unpaired) electrons. The molecule has 7 nitrogen and oxygen atoms in total. The van der Waals surface area contributed by atoms with Crippen LogP contribution in [0.25, 0.3) is 11.1 Å². The lowest BCUT2D eigenvalue weighted by Crippen LogP contribution is -2.63. The molecule has 5 rings (SSSR count). The zero-order chi connectivity index (χ0) is 24.1. The standard InChI is InChI=1S/C27H30N2O5/c1-3-26(2,23(30)29-14-8-9-17-15-27(17,29)24(31)32)28-25(33)34-16-22-20-12-6-4-10-18(20)19-11-5-7-13-21(19)22/h4-7,10-13,17,22H,3,8-9,14-16H2,1-2H3,(H,28,33)(H,31,32). The molecule has 2 amide bonds. The van der Waals surface area contributed by atoms with Crippen LogP contribution in [0.5, 0.6) is 0 Å². The predicted octanol–water partition coefficient (Wildman–Crippen LogP) is 4.16. The summed E-state index contributed by atoms with van der Waals surface area (Å²) in [5, 5.41) is 12.6. The Morgan fingerprint density at radius 2 is 1.74 bits per heavy atom. The van der Waals surface area contributed by atoms with E-state index in [0.717, 1.165) is 35.1 Å². The monoisotopic (exact) mass is 462 g/mol. The number of hydrogen-bond donors (Lipinski definition) is 2. The number of likely N-dealkylation sites (tertiary alicyclic amines) is 1. The summed E-state index contributed by atoms with van der Waals surface area (Å²) in [6, 6.07) is 16.2. The summed E-state index contributed by atoms with van der Waals surface area (Å²) < 4.78 is 5.65. The first-order valence-electron chi connectivity index (χ1n) is 12.0. The zero-order valence-corrected chi connectivity index (χ0v) is 19.5. The Balaban J connectivity index is 1.29. The van der Waals surface area contributed by atoms with Gasteiger partial charge in [0.15, 0.2) is 0 Å². The van der Waals surface area contributed by atoms with Gasteiger partial charge in [-0.05, 0) is 60.8 Å². The minimum Gasteiger partial charge on any atom is -0.479 e. The van der Waals surface area contributed by atoms with Crippen molar-refractivity contribution in [3.05, 3.63) is 59.7 Å². The van der Waals surface area contributed by atoms with Crippen LogP contribution in [-0.4, -0.2) is 52.2 Å². The molecule has 0 aromatic heterocycles. The Kier molecular flexibility index (Phi) is 5.38. The minimum absolute atomic E-state index is 0.00161. The third-order valence-corrected chi connectivity index (χ3v) is 8.01. The maximum Gasteiger partial charge on any atom is 0.408 e. The van der Waals surface area contributed by atoms with Crippen molar-refractivity contribution >= 4 is 18.0 Å². The molecule has 0 bridgehead atoms. The maximum absolute atomic E-state index is 13.5. The number of piperidine rings is 1. The fourth-order valence-corrected chi connectivity index (χ4v) is 5.79. The molecule has 1 heterocycles. The number of nitrogens with one attached hydrogen (secondary N) is 1. The first-order valence-corrected chi connectivity index (χ1v) is 12.0. The van der Waals surface area contributed by atoms with Gasteiger partial charge in [0.05, 0.1) is 0 Å². The second-order valence-electron chi connectivity index (χ2n) is 9.87. The van der Waals surface area contributed by atoms with E-state index in [2.05, 4.69) is 29.6 Å².